The van der Waals surface area contributed by atoms with Gasteiger partial charge in [-0.15, -0.1) is 0 Å². The van der Waals surface area contributed by atoms with Crippen molar-refractivity contribution in [1.82, 2.24) is 9.80 Å². The van der Waals surface area contributed by atoms with Crippen molar-refractivity contribution in [3.8, 4) is 5.75 Å². The first-order valence-corrected chi connectivity index (χ1v) is 7.28. The highest BCUT2D eigenvalue weighted by Crippen LogP contribution is 2.32. The summed E-state index contributed by atoms with van der Waals surface area (Å²) in [6.45, 7) is 0. The van der Waals surface area contributed by atoms with Crippen molar-refractivity contribution in [2.45, 2.75) is 0 Å². The fourth-order valence-electron chi connectivity index (χ4n) is 2.63. The van der Waals surface area contributed by atoms with Gasteiger partial charge < -0.3 is 9.64 Å². The zero-order valence-electron chi connectivity index (χ0n) is 12.7. The van der Waals surface area contributed by atoms with Gasteiger partial charge in [0.15, 0.2) is 5.11 Å². The molecular weight excluding hydrogens is 296 g/mol. The molecule has 0 unspecified atom stereocenters. The normalized spacial score (nSPS) is 17.0. The van der Waals surface area contributed by atoms with Gasteiger partial charge in [0.25, 0.3) is 5.91 Å². The third-order valence-electron chi connectivity index (χ3n) is 3.89. The lowest BCUT2D eigenvalue weighted by atomic mass is 10.0. The van der Waals surface area contributed by atoms with Crippen LogP contribution in [0.15, 0.2) is 42.1 Å². The lowest BCUT2D eigenvalue weighted by Crippen LogP contribution is -2.26. The Morgan fingerprint density at radius 2 is 1.82 bits per heavy atom. The number of likely N-dealkylation sites (N-methyl/N-ethyl adjacent to an activating group) is 2. The third kappa shape index (κ3) is 2.14. The van der Waals surface area contributed by atoms with Crippen LogP contribution >= 0.6 is 12.2 Å². The molecule has 0 spiro atoms. The largest absolute Gasteiger partial charge is 0.496 e. The first kappa shape index (κ1) is 14.5. The number of hydrogen-bond acceptors (Lipinski definition) is 3. The standard InChI is InChI=1S/C17H16N2O2S/c1-18-14(16(20)19(2)17(18)22)10-13-12-7-5-4-6-11(12)8-9-15(13)21-3/h4-10H,1-3H3/b14-10-. The van der Waals surface area contributed by atoms with Crippen LogP contribution in [0.3, 0.4) is 0 Å². The molecule has 0 radical (unpaired) electrons. The van der Waals surface area contributed by atoms with Crippen molar-refractivity contribution in [2.24, 2.45) is 0 Å². The molecule has 5 heteroatoms. The maximum Gasteiger partial charge on any atom is 0.276 e. The van der Waals surface area contributed by atoms with Crippen molar-refractivity contribution in [2.75, 3.05) is 21.2 Å². The van der Waals surface area contributed by atoms with Crippen molar-refractivity contribution in [3.05, 3.63) is 47.7 Å². The summed E-state index contributed by atoms with van der Waals surface area (Å²) in [6.07, 6.45) is 1.85. The highest BCUT2D eigenvalue weighted by atomic mass is 32.1. The van der Waals surface area contributed by atoms with Gasteiger partial charge >= 0.3 is 0 Å². The quantitative estimate of drug-likeness (QED) is 0.630. The molecule has 1 amide bonds. The van der Waals surface area contributed by atoms with Crippen molar-refractivity contribution in [1.29, 1.82) is 0 Å². The van der Waals surface area contributed by atoms with E-state index >= 15 is 0 Å². The van der Waals surface area contributed by atoms with Crippen molar-refractivity contribution in [3.63, 3.8) is 0 Å². The van der Waals surface area contributed by atoms with E-state index in [-0.39, 0.29) is 5.91 Å². The smallest absolute Gasteiger partial charge is 0.276 e. The Labute approximate surface area is 134 Å². The Balaban J connectivity index is 2.24. The molecule has 1 saturated heterocycles. The Morgan fingerprint density at radius 3 is 2.45 bits per heavy atom. The zero-order chi connectivity index (χ0) is 15.9. The number of fused-ring (bicyclic) bond motifs is 1. The summed E-state index contributed by atoms with van der Waals surface area (Å²) >= 11 is 5.25. The van der Waals surface area contributed by atoms with Crippen LogP contribution in [0, 0.1) is 0 Å². The van der Waals surface area contributed by atoms with Gasteiger partial charge in [-0.05, 0) is 35.1 Å². The minimum Gasteiger partial charge on any atom is -0.496 e. The molecule has 0 bridgehead atoms. The molecule has 2 aromatic carbocycles. The van der Waals surface area contributed by atoms with Gasteiger partial charge in [-0.1, -0.05) is 30.3 Å². The summed E-state index contributed by atoms with van der Waals surface area (Å²) in [5, 5.41) is 2.63. The predicted molar refractivity (Wildman–Crippen MR) is 91.6 cm³/mol. The molecule has 0 aromatic heterocycles. The predicted octanol–water partition coefficient (Wildman–Crippen LogP) is 2.88. The average Bonchev–Trinajstić information content (AvgIpc) is 2.73. The summed E-state index contributed by atoms with van der Waals surface area (Å²) in [6, 6.07) is 11.9. The highest BCUT2D eigenvalue weighted by Gasteiger charge is 2.33. The number of rotatable bonds is 2. The fraction of sp³-hybridized carbons (Fsp3) is 0.176. The first-order valence-electron chi connectivity index (χ1n) is 6.87. The summed E-state index contributed by atoms with van der Waals surface area (Å²) in [4.78, 5) is 15.5. The van der Waals surface area contributed by atoms with E-state index in [4.69, 9.17) is 17.0 Å². The maximum atomic E-state index is 12.4. The topological polar surface area (TPSA) is 32.8 Å². The summed E-state index contributed by atoms with van der Waals surface area (Å²) in [7, 11) is 5.11. The second kappa shape index (κ2) is 5.42. The number of methoxy groups -OCH3 is 1. The lowest BCUT2D eigenvalue weighted by molar-refractivity contribution is -0.121. The summed E-state index contributed by atoms with van der Waals surface area (Å²) in [5.41, 5.74) is 1.43. The van der Waals surface area contributed by atoms with Crippen LogP contribution in [0.4, 0.5) is 0 Å². The molecule has 1 aliphatic heterocycles. The Bertz CT molecular complexity index is 813. The van der Waals surface area contributed by atoms with E-state index in [1.54, 1.807) is 26.1 Å². The molecule has 22 heavy (non-hydrogen) atoms. The van der Waals surface area contributed by atoms with Crippen LogP contribution < -0.4 is 4.74 Å². The van der Waals surface area contributed by atoms with Gasteiger partial charge in [0, 0.05) is 19.7 Å². The van der Waals surface area contributed by atoms with E-state index in [1.807, 2.05) is 42.5 Å². The second-order valence-corrected chi connectivity index (χ2v) is 5.50. The van der Waals surface area contributed by atoms with Gasteiger partial charge in [0.1, 0.15) is 11.4 Å². The van der Waals surface area contributed by atoms with Gasteiger partial charge in [-0.25, -0.2) is 0 Å². The molecule has 112 valence electrons. The Kier molecular flexibility index (Phi) is 3.58. The molecule has 1 aliphatic rings. The number of nitrogens with zero attached hydrogens (tertiary/aromatic N) is 2. The molecule has 1 fully saturated rings. The third-order valence-corrected chi connectivity index (χ3v) is 4.44. The number of carbonyl (C=O) groups excluding carboxylic acids is 1. The summed E-state index contributed by atoms with van der Waals surface area (Å²) < 4.78 is 5.47. The molecule has 0 saturated carbocycles. The van der Waals surface area contributed by atoms with Gasteiger partial charge in [-0.3, -0.25) is 9.69 Å². The average molecular weight is 312 g/mol. The zero-order valence-corrected chi connectivity index (χ0v) is 13.5. The summed E-state index contributed by atoms with van der Waals surface area (Å²) in [5.74, 6) is 0.621. The first-order chi connectivity index (χ1) is 10.5. The molecule has 1 heterocycles. The van der Waals surface area contributed by atoms with E-state index < -0.39 is 0 Å². The van der Waals surface area contributed by atoms with Gasteiger partial charge in [0.05, 0.1) is 7.11 Å². The number of carbonyl (C=O) groups is 1. The molecule has 0 N–H and O–H groups in total. The van der Waals surface area contributed by atoms with E-state index in [0.717, 1.165) is 22.1 Å². The molecule has 4 nitrogen and oxygen atoms in total. The molecular formula is C17H16N2O2S. The van der Waals surface area contributed by atoms with Gasteiger partial charge in [-0.2, -0.15) is 0 Å². The number of thiocarbonyl (C=S) groups is 1. The van der Waals surface area contributed by atoms with Crippen LogP contribution in [0.2, 0.25) is 0 Å². The molecule has 0 atom stereocenters. The maximum absolute atomic E-state index is 12.4. The van der Waals surface area contributed by atoms with E-state index in [1.165, 1.54) is 4.90 Å². The fourth-order valence-corrected chi connectivity index (χ4v) is 2.81. The number of hydrogen-bond donors (Lipinski definition) is 0. The minimum absolute atomic E-state index is 0.109. The molecule has 2 aromatic rings. The van der Waals surface area contributed by atoms with Crippen LogP contribution in [0.5, 0.6) is 5.75 Å². The minimum atomic E-state index is -0.109. The van der Waals surface area contributed by atoms with E-state index in [2.05, 4.69) is 0 Å². The Hall–Kier alpha value is -2.40. The van der Waals surface area contributed by atoms with E-state index in [9.17, 15) is 4.79 Å². The van der Waals surface area contributed by atoms with Crippen molar-refractivity contribution >= 4 is 40.1 Å². The monoisotopic (exact) mass is 312 g/mol. The molecule has 0 aliphatic carbocycles. The van der Waals surface area contributed by atoms with Crippen LogP contribution in [0.1, 0.15) is 5.56 Å². The Morgan fingerprint density at radius 1 is 1.09 bits per heavy atom. The lowest BCUT2D eigenvalue weighted by Gasteiger charge is -2.13. The van der Waals surface area contributed by atoms with Crippen LogP contribution in [0.25, 0.3) is 16.8 Å². The highest BCUT2D eigenvalue weighted by molar-refractivity contribution is 7.80. The number of ether oxygens (including phenoxy) is 1. The van der Waals surface area contributed by atoms with Crippen molar-refractivity contribution < 1.29 is 9.53 Å². The molecule has 3 rings (SSSR count). The number of amides is 1. The number of benzene rings is 2. The van der Waals surface area contributed by atoms with Crippen LogP contribution in [-0.4, -0.2) is 42.0 Å². The van der Waals surface area contributed by atoms with Gasteiger partial charge in [0.2, 0.25) is 0 Å². The second-order valence-electron chi connectivity index (χ2n) is 5.14. The van der Waals surface area contributed by atoms with Crippen LogP contribution in [-0.2, 0) is 4.79 Å². The van der Waals surface area contributed by atoms with E-state index in [0.29, 0.717) is 10.8 Å². The SMILES string of the molecule is COc1ccc2ccccc2c1/C=C1/C(=O)N(C)C(=S)N1C.